The van der Waals surface area contributed by atoms with Crippen molar-refractivity contribution in [2.24, 2.45) is 5.92 Å². The van der Waals surface area contributed by atoms with Crippen molar-refractivity contribution in [1.82, 2.24) is 9.80 Å². The zero-order valence-electron chi connectivity index (χ0n) is 17.3. The largest absolute Gasteiger partial charge is 0.497 e. The fourth-order valence-electron chi connectivity index (χ4n) is 6.80. The smallest absolute Gasteiger partial charge is 0.243 e. The molecule has 0 aromatic heterocycles. The Morgan fingerprint density at radius 1 is 1.13 bits per heavy atom. The number of amides is 1. The maximum Gasteiger partial charge on any atom is 0.243 e. The van der Waals surface area contributed by atoms with E-state index in [0.29, 0.717) is 17.2 Å². The third kappa shape index (κ3) is 2.38. The van der Waals surface area contributed by atoms with Crippen molar-refractivity contribution in [1.29, 1.82) is 0 Å². The molecular formula is C25H27FN2O2. The summed E-state index contributed by atoms with van der Waals surface area (Å²) in [7, 11) is 1.55. The highest BCUT2D eigenvalue weighted by molar-refractivity contribution is 5.90. The minimum atomic E-state index is -0.425. The molecule has 3 fully saturated rings. The van der Waals surface area contributed by atoms with E-state index >= 15 is 0 Å². The van der Waals surface area contributed by atoms with Gasteiger partial charge in [0.25, 0.3) is 0 Å². The molecule has 0 saturated carbocycles. The second-order valence-corrected chi connectivity index (χ2v) is 9.35. The predicted molar refractivity (Wildman–Crippen MR) is 112 cm³/mol. The molecule has 0 bridgehead atoms. The number of nitrogens with zero attached hydrogens (tertiary/aromatic N) is 2. The summed E-state index contributed by atoms with van der Waals surface area (Å²) in [6, 6.07) is 14.0. The van der Waals surface area contributed by atoms with Crippen LogP contribution in [0.1, 0.15) is 42.0 Å². The van der Waals surface area contributed by atoms with Crippen molar-refractivity contribution >= 4 is 5.91 Å². The lowest BCUT2D eigenvalue weighted by atomic mass is 9.85. The minimum absolute atomic E-state index is 0.0183. The van der Waals surface area contributed by atoms with Crippen molar-refractivity contribution in [2.45, 2.75) is 49.7 Å². The van der Waals surface area contributed by atoms with E-state index in [1.54, 1.807) is 7.11 Å². The van der Waals surface area contributed by atoms with Gasteiger partial charge in [-0.1, -0.05) is 30.3 Å². The molecule has 3 saturated heterocycles. The maximum absolute atomic E-state index is 14.9. The van der Waals surface area contributed by atoms with Crippen LogP contribution in [0.5, 0.6) is 5.75 Å². The molecule has 3 heterocycles. The van der Waals surface area contributed by atoms with Gasteiger partial charge in [-0.25, -0.2) is 4.39 Å². The molecule has 0 radical (unpaired) electrons. The average molecular weight is 407 g/mol. The molecule has 156 valence electrons. The second-order valence-electron chi connectivity index (χ2n) is 9.35. The van der Waals surface area contributed by atoms with Crippen LogP contribution < -0.4 is 4.74 Å². The van der Waals surface area contributed by atoms with Crippen molar-refractivity contribution in [3.8, 4) is 5.75 Å². The van der Waals surface area contributed by atoms with Gasteiger partial charge in [-0.15, -0.1) is 0 Å². The van der Waals surface area contributed by atoms with Gasteiger partial charge in [-0.2, -0.15) is 0 Å². The van der Waals surface area contributed by atoms with Crippen LogP contribution in [-0.2, 0) is 17.6 Å². The van der Waals surface area contributed by atoms with Crippen LogP contribution in [0.4, 0.5) is 4.39 Å². The van der Waals surface area contributed by atoms with Crippen LogP contribution in [0.25, 0.3) is 0 Å². The Labute approximate surface area is 176 Å². The Balaban J connectivity index is 1.29. The maximum atomic E-state index is 14.9. The Kier molecular flexibility index (Phi) is 4.01. The number of likely N-dealkylation sites (tertiary alicyclic amines) is 1. The highest BCUT2D eigenvalue weighted by atomic mass is 19.1. The summed E-state index contributed by atoms with van der Waals surface area (Å²) in [4.78, 5) is 18.4. The third-order valence-corrected chi connectivity index (χ3v) is 8.11. The van der Waals surface area contributed by atoms with Gasteiger partial charge < -0.3 is 9.64 Å². The molecule has 2 aromatic rings. The number of carbonyl (C=O) groups is 1. The summed E-state index contributed by atoms with van der Waals surface area (Å²) >= 11 is 0. The fourth-order valence-corrected chi connectivity index (χ4v) is 6.80. The van der Waals surface area contributed by atoms with Gasteiger partial charge in [0.05, 0.1) is 7.11 Å². The number of ether oxygens (including phenoxy) is 1. The zero-order valence-corrected chi connectivity index (χ0v) is 17.3. The number of methoxy groups -OCH3 is 1. The summed E-state index contributed by atoms with van der Waals surface area (Å²) in [5.74, 6) is 0.882. The van der Waals surface area contributed by atoms with Crippen LogP contribution in [-0.4, -0.2) is 47.5 Å². The molecular weight excluding hydrogens is 379 g/mol. The number of carbonyl (C=O) groups excluding carboxylic acids is 1. The summed E-state index contributed by atoms with van der Waals surface area (Å²) in [6.45, 7) is 1.68. The first-order chi connectivity index (χ1) is 14.6. The molecule has 2 aromatic carbocycles. The van der Waals surface area contributed by atoms with Crippen LogP contribution >= 0.6 is 0 Å². The topological polar surface area (TPSA) is 32.8 Å². The first-order valence-electron chi connectivity index (χ1n) is 11.1. The first-order valence-corrected chi connectivity index (χ1v) is 11.1. The summed E-state index contributed by atoms with van der Waals surface area (Å²) in [5, 5.41) is 0. The molecule has 5 heteroatoms. The van der Waals surface area contributed by atoms with Crippen molar-refractivity contribution in [2.75, 3.05) is 20.2 Å². The normalized spacial score (nSPS) is 30.6. The molecule has 1 spiro atoms. The van der Waals surface area contributed by atoms with E-state index in [1.807, 2.05) is 12.1 Å². The summed E-state index contributed by atoms with van der Waals surface area (Å²) in [6.07, 6.45) is 4.68. The lowest BCUT2D eigenvalue weighted by Crippen LogP contribution is -2.51. The van der Waals surface area contributed by atoms with Crippen molar-refractivity contribution in [3.05, 3.63) is 65.0 Å². The first kappa shape index (κ1) is 18.4. The molecule has 6 rings (SSSR count). The molecule has 4 aliphatic rings. The predicted octanol–water partition coefficient (Wildman–Crippen LogP) is 3.74. The lowest BCUT2D eigenvalue weighted by molar-refractivity contribution is -0.138. The SMILES string of the molecule is COc1ccc([C@@H]2C[C@H]3CN(C4Cc5ccccc5C4)C(=O)[C@]34CCCN24)c(F)c1. The Bertz CT molecular complexity index is 999. The fraction of sp³-hybridized carbons (Fsp3) is 0.480. The lowest BCUT2D eigenvalue weighted by Gasteiger charge is -2.35. The number of halogens is 1. The van der Waals surface area contributed by atoms with E-state index in [1.165, 1.54) is 17.2 Å². The highest BCUT2D eigenvalue weighted by Crippen LogP contribution is 2.57. The van der Waals surface area contributed by atoms with Gasteiger partial charge in [-0.05, 0) is 55.8 Å². The van der Waals surface area contributed by atoms with Gasteiger partial charge in [0.15, 0.2) is 0 Å². The quantitative estimate of drug-likeness (QED) is 0.779. The number of hydrogen-bond donors (Lipinski definition) is 0. The summed E-state index contributed by atoms with van der Waals surface area (Å²) < 4.78 is 20.1. The van der Waals surface area contributed by atoms with E-state index in [4.69, 9.17) is 4.74 Å². The molecule has 4 nitrogen and oxygen atoms in total. The molecule has 3 aliphatic heterocycles. The number of benzene rings is 2. The van der Waals surface area contributed by atoms with Gasteiger partial charge >= 0.3 is 0 Å². The highest BCUT2D eigenvalue weighted by Gasteiger charge is 2.66. The molecule has 1 amide bonds. The van der Waals surface area contributed by atoms with Crippen molar-refractivity contribution in [3.63, 3.8) is 0 Å². The Hall–Kier alpha value is -2.40. The minimum Gasteiger partial charge on any atom is -0.497 e. The molecule has 3 atom stereocenters. The van der Waals surface area contributed by atoms with Gasteiger partial charge in [0.1, 0.15) is 17.1 Å². The standard InChI is InChI=1S/C25H27FN2O2/c1-30-20-7-8-21(22(26)14-20)23-13-18-15-27(24(29)25(18)9-4-10-28(23)25)19-11-16-5-2-3-6-17(16)12-19/h2-3,5-8,14,18-19,23H,4,9-13,15H2,1H3/t18-,23-,25-/m0/s1. The molecule has 0 unspecified atom stereocenters. The Morgan fingerprint density at radius 3 is 2.60 bits per heavy atom. The number of fused-ring (bicyclic) bond motifs is 1. The monoisotopic (exact) mass is 406 g/mol. The Morgan fingerprint density at radius 2 is 1.90 bits per heavy atom. The zero-order chi connectivity index (χ0) is 20.5. The van der Waals surface area contributed by atoms with E-state index in [-0.39, 0.29) is 23.8 Å². The van der Waals surface area contributed by atoms with Crippen LogP contribution in [0.2, 0.25) is 0 Å². The van der Waals surface area contributed by atoms with Crippen LogP contribution in [0, 0.1) is 11.7 Å². The van der Waals surface area contributed by atoms with E-state index in [9.17, 15) is 9.18 Å². The van der Waals surface area contributed by atoms with E-state index < -0.39 is 5.54 Å². The molecule has 0 N–H and O–H groups in total. The average Bonchev–Trinajstić information content (AvgIpc) is 3.48. The van der Waals surface area contributed by atoms with E-state index in [0.717, 1.165) is 45.2 Å². The van der Waals surface area contributed by atoms with Gasteiger partial charge in [0, 0.05) is 36.2 Å². The van der Waals surface area contributed by atoms with Crippen LogP contribution in [0.3, 0.4) is 0 Å². The second kappa shape index (κ2) is 6.55. The number of hydrogen-bond acceptors (Lipinski definition) is 3. The van der Waals surface area contributed by atoms with Gasteiger partial charge in [-0.3, -0.25) is 9.69 Å². The van der Waals surface area contributed by atoms with E-state index in [2.05, 4.69) is 34.1 Å². The van der Waals surface area contributed by atoms with Crippen LogP contribution in [0.15, 0.2) is 42.5 Å². The summed E-state index contributed by atoms with van der Waals surface area (Å²) in [5.41, 5.74) is 3.04. The number of rotatable bonds is 3. The van der Waals surface area contributed by atoms with Gasteiger partial charge in [0.2, 0.25) is 5.91 Å². The molecule has 30 heavy (non-hydrogen) atoms. The molecule has 1 aliphatic carbocycles. The third-order valence-electron chi connectivity index (χ3n) is 8.11. The van der Waals surface area contributed by atoms with Crippen molar-refractivity contribution < 1.29 is 13.9 Å².